The average molecular weight is 529 g/mol. The molecule has 6 rings (SSSR count). The number of hydrogen-bond acceptors (Lipinski definition) is 2. The van der Waals surface area contributed by atoms with Gasteiger partial charge in [-0.25, -0.2) is 0 Å². The van der Waals surface area contributed by atoms with Crippen LogP contribution in [0.15, 0.2) is 84.9 Å². The molecule has 6 heteroatoms. The Balaban J connectivity index is 0.000000187. The van der Waals surface area contributed by atoms with E-state index >= 15 is 0 Å². The van der Waals surface area contributed by atoms with Gasteiger partial charge in [-0.2, -0.15) is 59.7 Å². The van der Waals surface area contributed by atoms with Gasteiger partial charge in [0.15, 0.2) is 0 Å². The Morgan fingerprint density at radius 1 is 0.667 bits per heavy atom. The Hall–Kier alpha value is -3.25. The number of fused-ring (bicyclic) bond motifs is 6. The fraction of sp³-hybridized carbons (Fsp3) is 0.133. The molecule has 4 aromatic carbocycles. The van der Waals surface area contributed by atoms with Crippen LogP contribution in [0, 0.1) is 12.1 Å². The van der Waals surface area contributed by atoms with Crippen molar-refractivity contribution in [1.29, 1.82) is 0 Å². The molecular weight excluding hydrogens is 500 g/mol. The van der Waals surface area contributed by atoms with Crippen LogP contribution in [0.3, 0.4) is 0 Å². The largest absolute Gasteiger partial charge is 0.483 e. The van der Waals surface area contributed by atoms with Crippen molar-refractivity contribution in [2.24, 2.45) is 0 Å². The molecule has 0 atom stereocenters. The van der Waals surface area contributed by atoms with Gasteiger partial charge in [0.05, 0.1) is 0 Å². The molecule has 0 spiro atoms. The minimum absolute atomic E-state index is 0.120. The topological polar surface area (TPSA) is 74.6 Å². The molecule has 0 bridgehead atoms. The van der Waals surface area contributed by atoms with Crippen molar-refractivity contribution in [3.63, 3.8) is 0 Å². The number of hydrogen-bond donors (Lipinski definition) is 2. The average Bonchev–Trinajstić information content (AvgIpc) is 3.44. The molecule has 2 aliphatic rings. The zero-order chi connectivity index (χ0) is 26.3. The number of carbonyl (C=O) groups is 2. The van der Waals surface area contributed by atoms with E-state index in [1.807, 2.05) is 12.1 Å². The van der Waals surface area contributed by atoms with E-state index in [1.54, 1.807) is 0 Å². The fourth-order valence-electron chi connectivity index (χ4n) is 4.00. The summed E-state index contributed by atoms with van der Waals surface area (Å²) < 4.78 is 0. The van der Waals surface area contributed by atoms with Gasteiger partial charge in [0.25, 0.3) is 12.9 Å². The van der Waals surface area contributed by atoms with Crippen LogP contribution in [0.25, 0.3) is 22.3 Å². The molecule has 0 radical (unpaired) electrons. The molecule has 0 amide bonds. The summed E-state index contributed by atoms with van der Waals surface area (Å²) in [4.78, 5) is 16.7. The standard InChI is InChI=1S/2C13H9.C2H6Si.2CH2O2.Ti/c2*1-3-7-12-10(5-1)9-11-6-2-4-8-13(11)12;1-3-2;2*2-1-3;/h2*1-5,7-8H,9H2;1-2H3;2*1H,(H,2,3);/q2*-1;;;;+2. The predicted molar refractivity (Wildman–Crippen MR) is 142 cm³/mol. The molecule has 0 fully saturated rings. The molecule has 0 saturated carbocycles. The molecule has 4 nitrogen and oxygen atoms in total. The molecular formula is C30H28O4SiTi. The van der Waals surface area contributed by atoms with Crippen molar-refractivity contribution in [2.75, 3.05) is 0 Å². The van der Waals surface area contributed by atoms with E-state index < -0.39 is 0 Å². The van der Waals surface area contributed by atoms with Gasteiger partial charge in [-0.1, -0.05) is 70.8 Å². The molecule has 36 heavy (non-hydrogen) atoms. The second kappa shape index (κ2) is 15.7. The van der Waals surface area contributed by atoms with Gasteiger partial charge in [0.2, 0.25) is 0 Å². The van der Waals surface area contributed by atoms with Gasteiger partial charge in [-0.15, -0.1) is 11.1 Å². The SMILES string of the molecule is C[Si](C)=[Ti+2].O=CO.O=CO.[c-]1cccc2c1Cc1ccccc1-2.[c-]1cccc2c1Cc1ccccc1-2. The van der Waals surface area contributed by atoms with Crippen molar-refractivity contribution in [3.05, 3.63) is 119 Å². The van der Waals surface area contributed by atoms with Crippen molar-refractivity contribution < 1.29 is 39.0 Å². The molecule has 0 unspecified atom stereocenters. The third-order valence-electron chi connectivity index (χ3n) is 5.23. The maximum absolute atomic E-state index is 8.36. The van der Waals surface area contributed by atoms with Crippen molar-refractivity contribution in [3.8, 4) is 22.3 Å². The zero-order valence-corrected chi connectivity index (χ0v) is 22.9. The van der Waals surface area contributed by atoms with Crippen LogP contribution in [0.1, 0.15) is 22.3 Å². The van der Waals surface area contributed by atoms with Gasteiger partial charge in [0, 0.05) is 0 Å². The molecule has 2 N–H and O–H groups in total. The smallest absolute Gasteiger partial charge is 0.290 e. The Morgan fingerprint density at radius 3 is 1.33 bits per heavy atom. The summed E-state index contributed by atoms with van der Waals surface area (Å²) in [6, 6.07) is 36.2. The van der Waals surface area contributed by atoms with Crippen LogP contribution < -0.4 is 0 Å². The third kappa shape index (κ3) is 8.45. The first-order valence-corrected chi connectivity index (χ1v) is 16.1. The zero-order valence-electron chi connectivity index (χ0n) is 20.4. The third-order valence-corrected chi connectivity index (χ3v) is 5.23. The maximum Gasteiger partial charge on any atom is 0.290 e. The van der Waals surface area contributed by atoms with Crippen LogP contribution in [0.4, 0.5) is 0 Å². The van der Waals surface area contributed by atoms with Gasteiger partial charge >= 0.3 is 38.5 Å². The summed E-state index contributed by atoms with van der Waals surface area (Å²) in [6.45, 7) is 4.04. The van der Waals surface area contributed by atoms with Crippen molar-refractivity contribution >= 4 is 19.1 Å². The van der Waals surface area contributed by atoms with E-state index in [1.165, 1.54) is 44.5 Å². The van der Waals surface area contributed by atoms with Crippen LogP contribution in [-0.4, -0.2) is 29.3 Å². The minimum Gasteiger partial charge on any atom is -0.483 e. The van der Waals surface area contributed by atoms with Crippen LogP contribution in [-0.2, 0) is 41.6 Å². The number of rotatable bonds is 0. The first-order chi connectivity index (χ1) is 17.5. The minimum atomic E-state index is -0.250. The molecule has 0 aromatic heterocycles. The molecule has 2 aliphatic carbocycles. The van der Waals surface area contributed by atoms with E-state index in [-0.39, 0.29) is 19.1 Å². The molecule has 0 saturated heterocycles. The van der Waals surface area contributed by atoms with Gasteiger partial charge in [-0.05, 0) is 12.8 Å². The maximum atomic E-state index is 8.36. The van der Waals surface area contributed by atoms with E-state index in [4.69, 9.17) is 19.8 Å². The normalized spacial score (nSPS) is 10.3. The Bertz CT molecular complexity index is 1120. The Kier molecular flexibility index (Phi) is 12.6. The summed E-state index contributed by atoms with van der Waals surface area (Å²) in [5.41, 5.74) is 11.0. The Labute approximate surface area is 224 Å². The first-order valence-electron chi connectivity index (χ1n) is 11.3. The van der Waals surface area contributed by atoms with E-state index in [9.17, 15) is 0 Å². The molecule has 0 heterocycles. The van der Waals surface area contributed by atoms with E-state index in [0.717, 1.165) is 12.8 Å². The predicted octanol–water partition coefficient (Wildman–Crippen LogP) is 6.30. The number of benzene rings is 4. The second-order valence-electron chi connectivity index (χ2n) is 8.00. The van der Waals surface area contributed by atoms with E-state index in [2.05, 4.69) is 117 Å². The van der Waals surface area contributed by atoms with E-state index in [0.29, 0.717) is 0 Å². The fourth-order valence-corrected chi connectivity index (χ4v) is 4.00. The number of carboxylic acid groups (broad SMARTS) is 2. The molecule has 4 aromatic rings. The van der Waals surface area contributed by atoms with Gasteiger partial charge in [-0.3, -0.25) is 9.59 Å². The quantitative estimate of drug-likeness (QED) is 0.138. The van der Waals surface area contributed by atoms with Crippen LogP contribution >= 0.6 is 0 Å². The van der Waals surface area contributed by atoms with Crippen LogP contribution in [0.2, 0.25) is 13.1 Å². The second-order valence-corrected chi connectivity index (χ2v) is 14.7. The molecule has 0 aliphatic heterocycles. The monoisotopic (exact) mass is 528 g/mol. The summed E-state index contributed by atoms with van der Waals surface area (Å²) in [6.07, 6.45) is 2.22. The Morgan fingerprint density at radius 2 is 0.972 bits per heavy atom. The summed E-state index contributed by atoms with van der Waals surface area (Å²) in [5.74, 6) is 0. The summed E-state index contributed by atoms with van der Waals surface area (Å²) in [7, 11) is 0. The summed E-state index contributed by atoms with van der Waals surface area (Å²) >= 11 is 2.27. The van der Waals surface area contributed by atoms with Crippen molar-refractivity contribution in [1.82, 2.24) is 0 Å². The van der Waals surface area contributed by atoms with Crippen LogP contribution in [0.5, 0.6) is 0 Å². The first kappa shape index (κ1) is 29.0. The van der Waals surface area contributed by atoms with Crippen molar-refractivity contribution in [2.45, 2.75) is 25.9 Å². The van der Waals surface area contributed by atoms with Gasteiger partial charge < -0.3 is 10.2 Å². The molecule has 180 valence electrons. The van der Waals surface area contributed by atoms with Gasteiger partial charge in [0.1, 0.15) is 0 Å². The summed E-state index contributed by atoms with van der Waals surface area (Å²) in [5, 5.41) is 13.8.